The van der Waals surface area contributed by atoms with Gasteiger partial charge >= 0.3 is 0 Å². The van der Waals surface area contributed by atoms with E-state index >= 15 is 0 Å². The molecule has 0 saturated carbocycles. The highest BCUT2D eigenvalue weighted by atomic mass is 35.5. The molecule has 0 radical (unpaired) electrons. The lowest BCUT2D eigenvalue weighted by atomic mass is 10.2. The third-order valence-electron chi connectivity index (χ3n) is 2.04. The summed E-state index contributed by atoms with van der Waals surface area (Å²) in [5.41, 5.74) is 1.17. The van der Waals surface area contributed by atoms with Gasteiger partial charge in [-0.15, -0.1) is 0 Å². The Bertz CT molecular complexity index is 286. The van der Waals surface area contributed by atoms with E-state index in [0.29, 0.717) is 0 Å². The van der Waals surface area contributed by atoms with Crippen LogP contribution in [0.1, 0.15) is 5.56 Å². The molecule has 0 bridgehead atoms. The van der Waals surface area contributed by atoms with Gasteiger partial charge in [-0.1, -0.05) is 48.6 Å². The Balaban J connectivity index is 3.14. The van der Waals surface area contributed by atoms with Gasteiger partial charge in [-0.3, -0.25) is 0 Å². The van der Waals surface area contributed by atoms with Gasteiger partial charge in [0.2, 0.25) is 0 Å². The minimum absolute atomic E-state index is 0.898. The van der Waals surface area contributed by atoms with Crippen molar-refractivity contribution in [1.82, 2.24) is 0 Å². The van der Waals surface area contributed by atoms with Gasteiger partial charge in [0.25, 0.3) is 0 Å². The highest BCUT2D eigenvalue weighted by Crippen LogP contribution is 2.14. The lowest BCUT2D eigenvalue weighted by Gasteiger charge is -2.17. The normalized spacial score (nSPS) is 11.8. The minimum Gasteiger partial charge on any atom is -0.0841 e. The van der Waals surface area contributed by atoms with E-state index in [-0.39, 0.29) is 0 Å². The van der Waals surface area contributed by atoms with Crippen molar-refractivity contribution in [3.63, 3.8) is 0 Å². The molecule has 1 rings (SSSR count). The SMILES string of the molecule is Cc1ccc([Si](C)(C)C)cc1Cl. The first-order chi connectivity index (χ1) is 5.41. The second-order valence-corrected chi connectivity index (χ2v) is 9.70. The van der Waals surface area contributed by atoms with E-state index in [1.165, 1.54) is 10.8 Å². The Kier molecular flexibility index (Phi) is 2.64. The number of halogens is 1. The van der Waals surface area contributed by atoms with Crippen LogP contribution in [0.2, 0.25) is 24.7 Å². The molecule has 66 valence electrons. The third-order valence-corrected chi connectivity index (χ3v) is 4.49. The Hall–Kier alpha value is -0.273. The molecule has 0 saturated heterocycles. The van der Waals surface area contributed by atoms with Gasteiger partial charge in [-0.2, -0.15) is 0 Å². The first-order valence-electron chi connectivity index (χ1n) is 4.18. The minimum atomic E-state index is -1.17. The van der Waals surface area contributed by atoms with Crippen molar-refractivity contribution in [3.05, 3.63) is 28.8 Å². The molecular formula is C10H15ClSi. The third kappa shape index (κ3) is 2.11. The van der Waals surface area contributed by atoms with Crippen LogP contribution in [-0.4, -0.2) is 8.07 Å². The molecule has 1 aromatic carbocycles. The summed E-state index contributed by atoms with van der Waals surface area (Å²) in [5.74, 6) is 0. The predicted molar refractivity (Wildman–Crippen MR) is 59.2 cm³/mol. The fourth-order valence-corrected chi connectivity index (χ4v) is 2.49. The second-order valence-electron chi connectivity index (χ2n) is 4.21. The summed E-state index contributed by atoms with van der Waals surface area (Å²) < 4.78 is 0. The van der Waals surface area contributed by atoms with Crippen LogP contribution in [0.4, 0.5) is 0 Å². The molecule has 0 heterocycles. The van der Waals surface area contributed by atoms with Gasteiger partial charge in [-0.25, -0.2) is 0 Å². The molecule has 0 aromatic heterocycles. The molecule has 0 aliphatic carbocycles. The van der Waals surface area contributed by atoms with E-state index in [0.717, 1.165) is 5.02 Å². The van der Waals surface area contributed by atoms with Crippen LogP contribution < -0.4 is 5.19 Å². The number of hydrogen-bond acceptors (Lipinski definition) is 0. The highest BCUT2D eigenvalue weighted by Gasteiger charge is 2.16. The molecule has 0 nitrogen and oxygen atoms in total. The highest BCUT2D eigenvalue weighted by molar-refractivity contribution is 6.88. The summed E-state index contributed by atoms with van der Waals surface area (Å²) in [5, 5.41) is 2.33. The van der Waals surface area contributed by atoms with Crippen LogP contribution in [0.3, 0.4) is 0 Å². The van der Waals surface area contributed by atoms with Crippen LogP contribution in [-0.2, 0) is 0 Å². The average molecular weight is 199 g/mol. The zero-order valence-electron chi connectivity index (χ0n) is 8.11. The Morgan fingerprint density at radius 3 is 2.17 bits per heavy atom. The smallest absolute Gasteiger partial charge is 0.0776 e. The van der Waals surface area contributed by atoms with E-state index in [1.807, 2.05) is 6.92 Å². The summed E-state index contributed by atoms with van der Waals surface area (Å²) in [6.45, 7) is 9.02. The zero-order valence-corrected chi connectivity index (χ0v) is 9.87. The lowest BCUT2D eigenvalue weighted by Crippen LogP contribution is -2.37. The largest absolute Gasteiger partial charge is 0.0841 e. The molecule has 0 fully saturated rings. The summed E-state index contributed by atoms with van der Waals surface area (Å²) in [6.07, 6.45) is 0. The summed E-state index contributed by atoms with van der Waals surface area (Å²) in [7, 11) is -1.17. The first-order valence-corrected chi connectivity index (χ1v) is 8.05. The fourth-order valence-electron chi connectivity index (χ4n) is 1.06. The topological polar surface area (TPSA) is 0 Å². The molecule has 12 heavy (non-hydrogen) atoms. The maximum Gasteiger partial charge on any atom is 0.0776 e. The fraction of sp³-hybridized carbons (Fsp3) is 0.400. The van der Waals surface area contributed by atoms with Crippen LogP contribution in [0.5, 0.6) is 0 Å². The maximum absolute atomic E-state index is 6.04. The molecule has 0 unspecified atom stereocenters. The van der Waals surface area contributed by atoms with E-state index in [2.05, 4.69) is 37.8 Å². The molecule has 0 atom stereocenters. The zero-order chi connectivity index (χ0) is 9.35. The van der Waals surface area contributed by atoms with E-state index < -0.39 is 8.07 Å². The van der Waals surface area contributed by atoms with Crippen molar-refractivity contribution in [2.45, 2.75) is 26.6 Å². The molecule has 2 heteroatoms. The molecule has 0 aliphatic rings. The van der Waals surface area contributed by atoms with E-state index in [1.54, 1.807) is 0 Å². The van der Waals surface area contributed by atoms with E-state index in [4.69, 9.17) is 11.6 Å². The van der Waals surface area contributed by atoms with Gasteiger partial charge in [0.05, 0.1) is 8.07 Å². The predicted octanol–water partition coefficient (Wildman–Crippen LogP) is 3.19. The summed E-state index contributed by atoms with van der Waals surface area (Å²) in [6, 6.07) is 6.42. The molecule has 1 aromatic rings. The lowest BCUT2D eigenvalue weighted by molar-refractivity contribution is 1.48. The molecular weight excluding hydrogens is 184 g/mol. The molecule has 0 aliphatic heterocycles. The van der Waals surface area contributed by atoms with Gasteiger partial charge in [0.15, 0.2) is 0 Å². The van der Waals surface area contributed by atoms with Crippen LogP contribution in [0, 0.1) is 6.92 Å². The average Bonchev–Trinajstić information content (AvgIpc) is 1.92. The quantitative estimate of drug-likeness (QED) is 0.609. The van der Waals surface area contributed by atoms with Gasteiger partial charge in [0, 0.05) is 5.02 Å². The van der Waals surface area contributed by atoms with Crippen LogP contribution in [0.25, 0.3) is 0 Å². The van der Waals surface area contributed by atoms with Gasteiger partial charge in [-0.05, 0) is 18.6 Å². The van der Waals surface area contributed by atoms with Gasteiger partial charge in [0.1, 0.15) is 0 Å². The maximum atomic E-state index is 6.04. The standard InChI is InChI=1S/C10H15ClSi/c1-8-5-6-9(7-10(8)11)12(2,3)4/h5-7H,1-4H3. The Morgan fingerprint density at radius 1 is 1.17 bits per heavy atom. The number of aryl methyl sites for hydroxylation is 1. The van der Waals surface area contributed by atoms with Crippen molar-refractivity contribution in [3.8, 4) is 0 Å². The van der Waals surface area contributed by atoms with E-state index in [9.17, 15) is 0 Å². The molecule has 0 N–H and O–H groups in total. The van der Waals surface area contributed by atoms with Crippen molar-refractivity contribution in [2.24, 2.45) is 0 Å². The molecule has 0 amide bonds. The summed E-state index contributed by atoms with van der Waals surface area (Å²) >= 11 is 6.04. The van der Waals surface area contributed by atoms with Crippen molar-refractivity contribution in [2.75, 3.05) is 0 Å². The van der Waals surface area contributed by atoms with Crippen molar-refractivity contribution >= 4 is 24.9 Å². The van der Waals surface area contributed by atoms with Crippen LogP contribution in [0.15, 0.2) is 18.2 Å². The number of hydrogen-bond donors (Lipinski definition) is 0. The Morgan fingerprint density at radius 2 is 1.75 bits per heavy atom. The number of rotatable bonds is 1. The molecule has 0 spiro atoms. The first kappa shape index (κ1) is 9.81. The van der Waals surface area contributed by atoms with Gasteiger partial charge < -0.3 is 0 Å². The van der Waals surface area contributed by atoms with Crippen molar-refractivity contribution < 1.29 is 0 Å². The Labute approximate surface area is 80.6 Å². The second kappa shape index (κ2) is 3.23. The monoisotopic (exact) mass is 198 g/mol. The van der Waals surface area contributed by atoms with Crippen molar-refractivity contribution in [1.29, 1.82) is 0 Å². The summed E-state index contributed by atoms with van der Waals surface area (Å²) in [4.78, 5) is 0. The van der Waals surface area contributed by atoms with Crippen LogP contribution >= 0.6 is 11.6 Å². The number of benzene rings is 1.